The van der Waals surface area contributed by atoms with Gasteiger partial charge >= 0.3 is 0 Å². The van der Waals surface area contributed by atoms with Crippen molar-refractivity contribution in [3.05, 3.63) is 40.1 Å². The third-order valence-corrected chi connectivity index (χ3v) is 4.96. The number of ether oxygens (including phenoxy) is 3. The second-order valence-electron chi connectivity index (χ2n) is 5.44. The van der Waals surface area contributed by atoms with Crippen LogP contribution in [0.4, 0.5) is 0 Å². The van der Waals surface area contributed by atoms with E-state index in [-0.39, 0.29) is 6.79 Å². The van der Waals surface area contributed by atoms with Gasteiger partial charge in [0.25, 0.3) is 0 Å². The molecule has 0 unspecified atom stereocenters. The predicted octanol–water partition coefficient (Wildman–Crippen LogP) is 2.78. The van der Waals surface area contributed by atoms with Crippen LogP contribution in [0.5, 0.6) is 17.2 Å². The number of rotatable bonds is 7. The van der Waals surface area contributed by atoms with Crippen LogP contribution in [0.15, 0.2) is 35.3 Å². The number of hydrogen-bond acceptors (Lipinski definition) is 5. The molecule has 1 aromatic carbocycles. The van der Waals surface area contributed by atoms with Crippen molar-refractivity contribution in [2.75, 3.05) is 27.0 Å². The Bertz CT molecular complexity index is 730. The highest BCUT2D eigenvalue weighted by Crippen LogP contribution is 2.34. The van der Waals surface area contributed by atoms with E-state index < -0.39 is 0 Å². The van der Waals surface area contributed by atoms with Gasteiger partial charge in [0.15, 0.2) is 17.5 Å². The van der Waals surface area contributed by atoms with Gasteiger partial charge < -0.3 is 24.8 Å². The third-order valence-electron chi connectivity index (χ3n) is 3.73. The fraction of sp³-hybridized carbons (Fsp3) is 0.389. The quantitative estimate of drug-likeness (QED) is 0.451. The highest BCUT2D eigenvalue weighted by Gasteiger charge is 2.13. The van der Waals surface area contributed by atoms with Crippen molar-refractivity contribution in [2.24, 2.45) is 4.99 Å². The Balaban J connectivity index is 1.38. The van der Waals surface area contributed by atoms with Crippen LogP contribution in [0.1, 0.15) is 16.7 Å². The van der Waals surface area contributed by atoms with Gasteiger partial charge in [0.05, 0.1) is 13.1 Å². The van der Waals surface area contributed by atoms with Crippen LogP contribution in [0.2, 0.25) is 0 Å². The van der Waals surface area contributed by atoms with Gasteiger partial charge in [-0.3, -0.25) is 4.99 Å². The molecule has 1 aromatic heterocycles. The van der Waals surface area contributed by atoms with E-state index in [1.807, 2.05) is 29.5 Å². The largest absolute Gasteiger partial charge is 0.492 e. The highest BCUT2D eigenvalue weighted by atomic mass is 32.1. The first kappa shape index (κ1) is 17.4. The average Bonchev–Trinajstić information content (AvgIpc) is 3.29. The SMILES string of the molecule is CCc1ccc(CNC(=NC)NCCOc2ccc3c(c2)OCO3)s1. The minimum Gasteiger partial charge on any atom is -0.492 e. The molecule has 7 heteroatoms. The van der Waals surface area contributed by atoms with E-state index in [9.17, 15) is 0 Å². The normalized spacial score (nSPS) is 13.0. The fourth-order valence-corrected chi connectivity index (χ4v) is 3.30. The van der Waals surface area contributed by atoms with E-state index in [1.165, 1.54) is 9.75 Å². The first-order chi connectivity index (χ1) is 12.3. The monoisotopic (exact) mass is 361 g/mol. The maximum atomic E-state index is 5.73. The molecule has 2 aromatic rings. The molecule has 0 fully saturated rings. The van der Waals surface area contributed by atoms with E-state index in [0.29, 0.717) is 13.2 Å². The molecule has 0 bridgehead atoms. The van der Waals surface area contributed by atoms with Crippen molar-refractivity contribution in [3.63, 3.8) is 0 Å². The molecule has 2 heterocycles. The van der Waals surface area contributed by atoms with Crippen LogP contribution in [0.25, 0.3) is 0 Å². The van der Waals surface area contributed by atoms with Gasteiger partial charge in [0.1, 0.15) is 12.4 Å². The smallest absolute Gasteiger partial charge is 0.231 e. The Morgan fingerprint density at radius 1 is 1.16 bits per heavy atom. The number of benzene rings is 1. The minimum atomic E-state index is 0.270. The van der Waals surface area contributed by atoms with Crippen LogP contribution in [0, 0.1) is 0 Å². The molecule has 0 saturated heterocycles. The Morgan fingerprint density at radius 2 is 2.00 bits per heavy atom. The third kappa shape index (κ3) is 4.79. The Labute approximate surface area is 151 Å². The van der Waals surface area contributed by atoms with Crippen LogP contribution in [-0.2, 0) is 13.0 Å². The van der Waals surface area contributed by atoms with Crippen molar-refractivity contribution in [1.29, 1.82) is 0 Å². The lowest BCUT2D eigenvalue weighted by molar-refractivity contribution is 0.173. The van der Waals surface area contributed by atoms with Crippen LogP contribution < -0.4 is 24.8 Å². The topological polar surface area (TPSA) is 64.1 Å². The summed E-state index contributed by atoms with van der Waals surface area (Å²) in [4.78, 5) is 6.93. The minimum absolute atomic E-state index is 0.270. The molecule has 0 amide bonds. The lowest BCUT2D eigenvalue weighted by Crippen LogP contribution is -2.38. The number of hydrogen-bond donors (Lipinski definition) is 2. The first-order valence-electron chi connectivity index (χ1n) is 8.33. The highest BCUT2D eigenvalue weighted by molar-refractivity contribution is 7.11. The standard InChI is InChI=1S/C18H23N3O3S/c1-3-14-5-6-15(25-14)11-21-18(19-2)20-8-9-22-13-4-7-16-17(10-13)24-12-23-16/h4-7,10H,3,8-9,11-12H2,1-2H3,(H2,19,20,21). The molecule has 2 N–H and O–H groups in total. The summed E-state index contributed by atoms with van der Waals surface area (Å²) in [5.74, 6) is 3.01. The number of fused-ring (bicyclic) bond motifs is 1. The summed E-state index contributed by atoms with van der Waals surface area (Å²) >= 11 is 1.83. The van der Waals surface area contributed by atoms with E-state index >= 15 is 0 Å². The number of nitrogens with zero attached hydrogens (tertiary/aromatic N) is 1. The van der Waals surface area contributed by atoms with Crippen molar-refractivity contribution >= 4 is 17.3 Å². The zero-order valence-corrected chi connectivity index (χ0v) is 15.3. The van der Waals surface area contributed by atoms with Gasteiger partial charge in [-0.2, -0.15) is 0 Å². The summed E-state index contributed by atoms with van der Waals surface area (Å²) in [5.41, 5.74) is 0. The molecule has 0 saturated carbocycles. The molecule has 6 nitrogen and oxygen atoms in total. The number of nitrogens with one attached hydrogen (secondary N) is 2. The molecule has 0 aliphatic carbocycles. The van der Waals surface area contributed by atoms with Gasteiger partial charge in [-0.05, 0) is 30.7 Å². The van der Waals surface area contributed by atoms with Gasteiger partial charge in [0.2, 0.25) is 6.79 Å². The van der Waals surface area contributed by atoms with Crippen LogP contribution >= 0.6 is 11.3 Å². The summed E-state index contributed by atoms with van der Waals surface area (Å²) in [6, 6.07) is 9.92. The predicted molar refractivity (Wildman–Crippen MR) is 100.0 cm³/mol. The van der Waals surface area contributed by atoms with E-state index in [0.717, 1.165) is 36.2 Å². The van der Waals surface area contributed by atoms with Crippen molar-refractivity contribution < 1.29 is 14.2 Å². The maximum absolute atomic E-state index is 5.73. The Kier molecular flexibility index (Phi) is 6.00. The first-order valence-corrected chi connectivity index (χ1v) is 9.14. The number of guanidine groups is 1. The average molecular weight is 361 g/mol. The summed E-state index contributed by atoms with van der Waals surface area (Å²) in [6.45, 7) is 4.39. The molecular formula is C18H23N3O3S. The second kappa shape index (κ2) is 8.62. The van der Waals surface area contributed by atoms with Crippen LogP contribution in [-0.4, -0.2) is 33.0 Å². The van der Waals surface area contributed by atoms with E-state index in [2.05, 4.69) is 34.7 Å². The van der Waals surface area contributed by atoms with E-state index in [1.54, 1.807) is 7.05 Å². The lowest BCUT2D eigenvalue weighted by atomic mass is 10.3. The summed E-state index contributed by atoms with van der Waals surface area (Å²) < 4.78 is 16.4. The van der Waals surface area contributed by atoms with Crippen molar-refractivity contribution in [2.45, 2.75) is 19.9 Å². The van der Waals surface area contributed by atoms with Gasteiger partial charge in [-0.25, -0.2) is 0 Å². The maximum Gasteiger partial charge on any atom is 0.231 e. The molecule has 0 atom stereocenters. The summed E-state index contributed by atoms with van der Waals surface area (Å²) in [5, 5.41) is 6.56. The number of aliphatic imine (C=N–C) groups is 1. The van der Waals surface area contributed by atoms with Gasteiger partial charge in [-0.1, -0.05) is 6.92 Å². The molecular weight excluding hydrogens is 338 g/mol. The van der Waals surface area contributed by atoms with E-state index in [4.69, 9.17) is 14.2 Å². The molecule has 0 radical (unpaired) electrons. The Morgan fingerprint density at radius 3 is 2.80 bits per heavy atom. The number of thiophene rings is 1. The molecule has 3 rings (SSSR count). The van der Waals surface area contributed by atoms with Crippen molar-refractivity contribution in [3.8, 4) is 17.2 Å². The van der Waals surface area contributed by atoms with Crippen LogP contribution in [0.3, 0.4) is 0 Å². The summed E-state index contributed by atoms with van der Waals surface area (Å²) in [6.07, 6.45) is 1.08. The molecule has 134 valence electrons. The zero-order chi connectivity index (χ0) is 17.5. The molecule has 1 aliphatic heterocycles. The Hall–Kier alpha value is -2.41. The van der Waals surface area contributed by atoms with Gasteiger partial charge in [0, 0.05) is 22.9 Å². The molecule has 1 aliphatic rings. The molecule has 0 spiro atoms. The fourth-order valence-electron chi connectivity index (χ4n) is 2.40. The number of aryl methyl sites for hydroxylation is 1. The zero-order valence-electron chi connectivity index (χ0n) is 14.5. The summed E-state index contributed by atoms with van der Waals surface area (Å²) in [7, 11) is 1.76. The molecule has 25 heavy (non-hydrogen) atoms. The second-order valence-corrected chi connectivity index (χ2v) is 6.69. The lowest BCUT2D eigenvalue weighted by Gasteiger charge is -2.12. The van der Waals surface area contributed by atoms with Crippen molar-refractivity contribution in [1.82, 2.24) is 10.6 Å². The van der Waals surface area contributed by atoms with Gasteiger partial charge in [-0.15, -0.1) is 11.3 Å².